The zero-order valence-corrected chi connectivity index (χ0v) is 16.2. The Morgan fingerprint density at radius 1 is 1.14 bits per heavy atom. The third-order valence-corrected chi connectivity index (χ3v) is 4.84. The highest BCUT2D eigenvalue weighted by Crippen LogP contribution is 2.24. The van der Waals surface area contributed by atoms with E-state index in [2.05, 4.69) is 20.5 Å². The van der Waals surface area contributed by atoms with Crippen molar-refractivity contribution in [3.63, 3.8) is 0 Å². The SMILES string of the molecule is COc1ccc(-c2n[nH]c(C3CNCCN3C(=O)COc3ccccc3)n2)cc1. The summed E-state index contributed by atoms with van der Waals surface area (Å²) in [6, 6.07) is 16.6. The van der Waals surface area contributed by atoms with E-state index in [1.54, 1.807) is 12.0 Å². The lowest BCUT2D eigenvalue weighted by molar-refractivity contribution is -0.137. The van der Waals surface area contributed by atoms with E-state index in [0.29, 0.717) is 30.5 Å². The van der Waals surface area contributed by atoms with Crippen molar-refractivity contribution in [2.75, 3.05) is 33.4 Å². The van der Waals surface area contributed by atoms with E-state index in [9.17, 15) is 4.79 Å². The second-order valence-electron chi connectivity index (χ2n) is 6.68. The molecule has 2 heterocycles. The van der Waals surface area contributed by atoms with Gasteiger partial charge in [-0.25, -0.2) is 4.98 Å². The molecule has 1 fully saturated rings. The van der Waals surface area contributed by atoms with E-state index in [-0.39, 0.29) is 18.6 Å². The summed E-state index contributed by atoms with van der Waals surface area (Å²) < 4.78 is 10.8. The van der Waals surface area contributed by atoms with Crippen molar-refractivity contribution in [2.45, 2.75) is 6.04 Å². The van der Waals surface area contributed by atoms with Crippen LogP contribution in [0.2, 0.25) is 0 Å². The van der Waals surface area contributed by atoms with Crippen molar-refractivity contribution >= 4 is 5.91 Å². The van der Waals surface area contributed by atoms with Gasteiger partial charge >= 0.3 is 0 Å². The van der Waals surface area contributed by atoms with Crippen LogP contribution in [0.3, 0.4) is 0 Å². The number of benzene rings is 2. The van der Waals surface area contributed by atoms with Crippen LogP contribution in [0.4, 0.5) is 0 Å². The Morgan fingerprint density at radius 3 is 2.69 bits per heavy atom. The van der Waals surface area contributed by atoms with Crippen molar-refractivity contribution in [3.8, 4) is 22.9 Å². The highest BCUT2D eigenvalue weighted by molar-refractivity contribution is 5.78. The van der Waals surface area contributed by atoms with Crippen molar-refractivity contribution in [3.05, 3.63) is 60.4 Å². The second-order valence-corrected chi connectivity index (χ2v) is 6.68. The summed E-state index contributed by atoms with van der Waals surface area (Å²) in [5, 5.41) is 10.6. The zero-order valence-electron chi connectivity index (χ0n) is 16.2. The zero-order chi connectivity index (χ0) is 20.1. The van der Waals surface area contributed by atoms with E-state index in [1.807, 2.05) is 54.6 Å². The van der Waals surface area contributed by atoms with Gasteiger partial charge in [0.25, 0.3) is 5.91 Å². The Labute approximate surface area is 168 Å². The van der Waals surface area contributed by atoms with Gasteiger partial charge in [-0.05, 0) is 36.4 Å². The standard InChI is InChI=1S/C21H23N5O3/c1-28-16-9-7-15(8-10-16)20-23-21(25-24-20)18-13-22-11-12-26(18)19(27)14-29-17-5-3-2-4-6-17/h2-10,18,22H,11-14H2,1H3,(H,23,24,25). The number of aromatic amines is 1. The quantitative estimate of drug-likeness (QED) is 0.666. The highest BCUT2D eigenvalue weighted by atomic mass is 16.5. The fourth-order valence-electron chi connectivity index (χ4n) is 3.28. The minimum atomic E-state index is -0.227. The fraction of sp³-hybridized carbons (Fsp3) is 0.286. The van der Waals surface area contributed by atoms with Crippen LogP contribution >= 0.6 is 0 Å². The number of methoxy groups -OCH3 is 1. The molecule has 1 unspecified atom stereocenters. The molecule has 4 rings (SSSR count). The molecule has 8 heteroatoms. The number of rotatable bonds is 6. The molecule has 1 aromatic heterocycles. The normalized spacial score (nSPS) is 16.4. The summed E-state index contributed by atoms with van der Waals surface area (Å²) in [4.78, 5) is 19.2. The van der Waals surface area contributed by atoms with E-state index >= 15 is 0 Å². The Morgan fingerprint density at radius 2 is 1.93 bits per heavy atom. The van der Waals surface area contributed by atoms with Crippen molar-refractivity contribution in [1.29, 1.82) is 0 Å². The number of carbonyl (C=O) groups is 1. The van der Waals surface area contributed by atoms with E-state index < -0.39 is 0 Å². The predicted octanol–water partition coefficient (Wildman–Crippen LogP) is 2.03. The van der Waals surface area contributed by atoms with Crippen LogP contribution < -0.4 is 14.8 Å². The molecule has 2 N–H and O–H groups in total. The molecule has 1 amide bonds. The maximum absolute atomic E-state index is 12.8. The van der Waals surface area contributed by atoms with Gasteiger partial charge in [-0.15, -0.1) is 0 Å². The largest absolute Gasteiger partial charge is 0.497 e. The average molecular weight is 393 g/mol. The highest BCUT2D eigenvalue weighted by Gasteiger charge is 2.30. The lowest BCUT2D eigenvalue weighted by Gasteiger charge is -2.34. The Balaban J connectivity index is 1.47. The maximum atomic E-state index is 12.8. The summed E-state index contributed by atoms with van der Waals surface area (Å²) in [5.74, 6) is 2.60. The van der Waals surface area contributed by atoms with Crippen molar-refractivity contribution in [1.82, 2.24) is 25.4 Å². The Hall–Kier alpha value is -3.39. The van der Waals surface area contributed by atoms with Crippen LogP contribution in [0.1, 0.15) is 11.9 Å². The number of nitrogens with one attached hydrogen (secondary N) is 2. The molecule has 0 radical (unpaired) electrons. The molecule has 3 aromatic rings. The molecule has 1 aliphatic heterocycles. The van der Waals surface area contributed by atoms with Crippen LogP contribution in [0.15, 0.2) is 54.6 Å². The van der Waals surface area contributed by atoms with Crippen LogP contribution in [0.25, 0.3) is 11.4 Å². The van der Waals surface area contributed by atoms with Gasteiger partial charge in [0.15, 0.2) is 12.4 Å². The average Bonchev–Trinajstić information content (AvgIpc) is 3.28. The van der Waals surface area contributed by atoms with Gasteiger partial charge in [-0.3, -0.25) is 9.89 Å². The third kappa shape index (κ3) is 4.38. The van der Waals surface area contributed by atoms with E-state index in [4.69, 9.17) is 9.47 Å². The first-order valence-corrected chi connectivity index (χ1v) is 9.49. The number of amides is 1. The van der Waals surface area contributed by atoms with Gasteiger partial charge in [-0.2, -0.15) is 5.10 Å². The van der Waals surface area contributed by atoms with Gasteiger partial charge in [-0.1, -0.05) is 18.2 Å². The summed E-state index contributed by atoms with van der Waals surface area (Å²) in [5.41, 5.74) is 0.877. The molecule has 150 valence electrons. The predicted molar refractivity (Wildman–Crippen MR) is 108 cm³/mol. The first kappa shape index (κ1) is 18.9. The first-order valence-electron chi connectivity index (χ1n) is 9.49. The number of para-hydroxylation sites is 1. The van der Waals surface area contributed by atoms with Crippen molar-refractivity contribution < 1.29 is 14.3 Å². The minimum absolute atomic E-state index is 0.0139. The number of H-pyrrole nitrogens is 1. The molecule has 0 aliphatic carbocycles. The summed E-state index contributed by atoms with van der Waals surface area (Å²) in [7, 11) is 1.63. The fourth-order valence-corrected chi connectivity index (χ4v) is 3.28. The summed E-state index contributed by atoms with van der Waals surface area (Å²) in [6.07, 6.45) is 0. The van der Waals surface area contributed by atoms with Crippen LogP contribution in [-0.4, -0.2) is 59.3 Å². The number of ether oxygens (including phenoxy) is 2. The van der Waals surface area contributed by atoms with Crippen LogP contribution in [0.5, 0.6) is 11.5 Å². The van der Waals surface area contributed by atoms with Crippen LogP contribution in [0, 0.1) is 0 Å². The lowest BCUT2D eigenvalue weighted by atomic mass is 10.1. The smallest absolute Gasteiger partial charge is 0.261 e. The molecular weight excluding hydrogens is 370 g/mol. The van der Waals surface area contributed by atoms with E-state index in [1.165, 1.54) is 0 Å². The topological polar surface area (TPSA) is 92.4 Å². The molecule has 0 spiro atoms. The first-order chi connectivity index (χ1) is 14.2. The van der Waals surface area contributed by atoms with Gasteiger partial charge < -0.3 is 19.7 Å². The number of nitrogens with zero attached hydrogens (tertiary/aromatic N) is 3. The van der Waals surface area contributed by atoms with Gasteiger partial charge in [0.1, 0.15) is 23.4 Å². The molecule has 0 saturated carbocycles. The van der Waals surface area contributed by atoms with Crippen molar-refractivity contribution in [2.24, 2.45) is 0 Å². The second kappa shape index (κ2) is 8.74. The third-order valence-electron chi connectivity index (χ3n) is 4.84. The molecule has 0 bridgehead atoms. The molecule has 29 heavy (non-hydrogen) atoms. The Bertz CT molecular complexity index is 942. The number of hydrogen-bond donors (Lipinski definition) is 2. The summed E-state index contributed by atoms with van der Waals surface area (Å²) in [6.45, 7) is 1.90. The monoisotopic (exact) mass is 393 g/mol. The minimum Gasteiger partial charge on any atom is -0.497 e. The number of carbonyl (C=O) groups excluding carboxylic acids is 1. The van der Waals surface area contributed by atoms with Gasteiger partial charge in [0.05, 0.1) is 7.11 Å². The molecule has 8 nitrogen and oxygen atoms in total. The Kier molecular flexibility index (Phi) is 5.71. The lowest BCUT2D eigenvalue weighted by Crippen LogP contribution is -2.50. The number of aromatic nitrogens is 3. The molecule has 1 atom stereocenters. The summed E-state index contributed by atoms with van der Waals surface area (Å²) >= 11 is 0. The molecule has 1 saturated heterocycles. The number of piperazine rings is 1. The maximum Gasteiger partial charge on any atom is 0.261 e. The van der Waals surface area contributed by atoms with Gasteiger partial charge in [0.2, 0.25) is 0 Å². The molecular formula is C21H23N5O3. The van der Waals surface area contributed by atoms with Crippen LogP contribution in [-0.2, 0) is 4.79 Å². The van der Waals surface area contributed by atoms with E-state index in [0.717, 1.165) is 17.9 Å². The van der Waals surface area contributed by atoms with Gasteiger partial charge in [0, 0.05) is 25.2 Å². The number of hydrogen-bond acceptors (Lipinski definition) is 6. The molecule has 1 aliphatic rings. The molecule has 2 aromatic carbocycles.